The summed E-state index contributed by atoms with van der Waals surface area (Å²) in [6, 6.07) is 18.9. The molecule has 3 aromatic carbocycles. The molecule has 180 valence electrons. The molecule has 0 saturated carbocycles. The van der Waals surface area contributed by atoms with Crippen molar-refractivity contribution in [2.75, 3.05) is 18.4 Å². The molecule has 6 nitrogen and oxygen atoms in total. The van der Waals surface area contributed by atoms with E-state index in [2.05, 4.69) is 10.6 Å². The van der Waals surface area contributed by atoms with Gasteiger partial charge in [-0.2, -0.15) is 0 Å². The molecule has 1 aliphatic rings. The third-order valence-corrected chi connectivity index (χ3v) is 6.12. The number of hydrogen-bond donors (Lipinski definition) is 2. The first-order chi connectivity index (χ1) is 16.9. The SMILES string of the molecule is O=C(N[C@@H](C(=O)Nc1ccccc1)C1CCN(C(=O)c2ccccc2F)CC1)c1ccc(F)cc1. The molecule has 0 aliphatic carbocycles. The highest BCUT2D eigenvalue weighted by atomic mass is 19.1. The van der Waals surface area contributed by atoms with Crippen LogP contribution in [0.2, 0.25) is 0 Å². The largest absolute Gasteiger partial charge is 0.340 e. The first-order valence-corrected chi connectivity index (χ1v) is 11.4. The number of carbonyl (C=O) groups is 3. The molecule has 1 aliphatic heterocycles. The van der Waals surface area contributed by atoms with Gasteiger partial charge in [0.1, 0.15) is 17.7 Å². The number of rotatable bonds is 6. The summed E-state index contributed by atoms with van der Waals surface area (Å²) >= 11 is 0. The molecule has 2 N–H and O–H groups in total. The lowest BCUT2D eigenvalue weighted by molar-refractivity contribution is -0.119. The average Bonchev–Trinajstić information content (AvgIpc) is 2.88. The van der Waals surface area contributed by atoms with E-state index in [9.17, 15) is 23.2 Å². The van der Waals surface area contributed by atoms with Crippen LogP contribution >= 0.6 is 0 Å². The van der Waals surface area contributed by atoms with Gasteiger partial charge in [0.05, 0.1) is 5.56 Å². The Kier molecular flexibility index (Phi) is 7.50. The fraction of sp³-hybridized carbons (Fsp3) is 0.222. The summed E-state index contributed by atoms with van der Waals surface area (Å²) in [6.07, 6.45) is 0.882. The van der Waals surface area contributed by atoms with E-state index >= 15 is 0 Å². The standard InChI is InChI=1S/C27H25F2N3O3/c28-20-12-10-19(11-13-20)25(33)31-24(26(34)30-21-6-2-1-3-7-21)18-14-16-32(17-15-18)27(35)22-8-4-5-9-23(22)29/h1-13,18,24H,14-17H2,(H,30,34)(H,31,33)/t24-/m1/s1. The number of amides is 3. The second-order valence-corrected chi connectivity index (χ2v) is 8.42. The van der Waals surface area contributed by atoms with Crippen molar-refractivity contribution >= 4 is 23.4 Å². The lowest BCUT2D eigenvalue weighted by Gasteiger charge is -2.36. The normalized spacial score (nSPS) is 14.7. The molecule has 0 spiro atoms. The lowest BCUT2D eigenvalue weighted by atomic mass is 9.88. The smallest absolute Gasteiger partial charge is 0.256 e. The van der Waals surface area contributed by atoms with Gasteiger partial charge >= 0.3 is 0 Å². The fourth-order valence-electron chi connectivity index (χ4n) is 4.21. The van der Waals surface area contributed by atoms with Gasteiger partial charge in [0, 0.05) is 24.3 Å². The van der Waals surface area contributed by atoms with Crippen LogP contribution < -0.4 is 10.6 Å². The van der Waals surface area contributed by atoms with Crippen molar-refractivity contribution in [2.45, 2.75) is 18.9 Å². The van der Waals surface area contributed by atoms with Crippen LogP contribution in [0.1, 0.15) is 33.6 Å². The predicted octanol–water partition coefficient (Wildman–Crippen LogP) is 4.25. The summed E-state index contributed by atoms with van der Waals surface area (Å²) in [5.74, 6) is -2.58. The van der Waals surface area contributed by atoms with Gasteiger partial charge in [-0.3, -0.25) is 14.4 Å². The molecule has 1 fully saturated rings. The predicted molar refractivity (Wildman–Crippen MR) is 128 cm³/mol. The lowest BCUT2D eigenvalue weighted by Crippen LogP contribution is -2.52. The van der Waals surface area contributed by atoms with Crippen molar-refractivity contribution in [1.29, 1.82) is 0 Å². The molecule has 8 heteroatoms. The summed E-state index contributed by atoms with van der Waals surface area (Å²) in [5, 5.41) is 5.62. The third kappa shape index (κ3) is 5.90. The molecule has 1 heterocycles. The summed E-state index contributed by atoms with van der Waals surface area (Å²) in [4.78, 5) is 40.4. The second kappa shape index (κ2) is 10.9. The first kappa shape index (κ1) is 24.1. The van der Waals surface area contributed by atoms with Gasteiger partial charge in [0.2, 0.25) is 5.91 Å². The molecule has 0 unspecified atom stereocenters. The first-order valence-electron chi connectivity index (χ1n) is 11.4. The van der Waals surface area contributed by atoms with Crippen LogP contribution in [-0.4, -0.2) is 41.8 Å². The van der Waals surface area contributed by atoms with Gasteiger partial charge in [0.25, 0.3) is 11.8 Å². The van der Waals surface area contributed by atoms with E-state index in [-0.39, 0.29) is 23.0 Å². The fourth-order valence-corrected chi connectivity index (χ4v) is 4.21. The van der Waals surface area contributed by atoms with Crippen molar-refractivity contribution < 1.29 is 23.2 Å². The van der Waals surface area contributed by atoms with E-state index in [0.717, 1.165) is 0 Å². The minimum absolute atomic E-state index is 0.00827. The minimum Gasteiger partial charge on any atom is -0.340 e. The molecule has 1 saturated heterocycles. The van der Waals surface area contributed by atoms with Gasteiger partial charge in [-0.25, -0.2) is 8.78 Å². The monoisotopic (exact) mass is 477 g/mol. The van der Waals surface area contributed by atoms with Gasteiger partial charge in [0.15, 0.2) is 0 Å². The number of para-hydroxylation sites is 1. The van der Waals surface area contributed by atoms with Crippen LogP contribution in [0, 0.1) is 17.6 Å². The van der Waals surface area contributed by atoms with Crippen LogP contribution in [0.3, 0.4) is 0 Å². The summed E-state index contributed by atoms with van der Waals surface area (Å²) < 4.78 is 27.3. The molecule has 0 radical (unpaired) electrons. The number of halogens is 2. The van der Waals surface area contributed by atoms with Crippen molar-refractivity contribution in [2.24, 2.45) is 5.92 Å². The average molecular weight is 478 g/mol. The zero-order valence-electron chi connectivity index (χ0n) is 18.9. The van der Waals surface area contributed by atoms with Gasteiger partial charge in [-0.1, -0.05) is 30.3 Å². The molecular formula is C27H25F2N3O3. The number of likely N-dealkylation sites (tertiary alicyclic amines) is 1. The second-order valence-electron chi connectivity index (χ2n) is 8.42. The Balaban J connectivity index is 1.48. The van der Waals surface area contributed by atoms with Crippen LogP contribution in [0.25, 0.3) is 0 Å². The Morgan fingerprint density at radius 1 is 0.829 bits per heavy atom. The van der Waals surface area contributed by atoms with E-state index in [1.54, 1.807) is 35.2 Å². The van der Waals surface area contributed by atoms with Crippen LogP contribution in [0.5, 0.6) is 0 Å². The zero-order valence-corrected chi connectivity index (χ0v) is 18.9. The molecule has 3 aromatic rings. The Hall–Kier alpha value is -4.07. The van der Waals surface area contributed by atoms with E-state index < -0.39 is 29.5 Å². The Morgan fingerprint density at radius 3 is 2.11 bits per heavy atom. The number of piperidine rings is 1. The highest BCUT2D eigenvalue weighted by Crippen LogP contribution is 2.24. The Bertz CT molecular complexity index is 1190. The number of nitrogens with zero attached hydrogens (tertiary/aromatic N) is 1. The Labute approximate surface area is 201 Å². The highest BCUT2D eigenvalue weighted by molar-refractivity contribution is 6.01. The summed E-state index contributed by atoms with van der Waals surface area (Å²) in [6.45, 7) is 0.638. The van der Waals surface area contributed by atoms with Crippen molar-refractivity contribution in [3.63, 3.8) is 0 Å². The number of hydrogen-bond acceptors (Lipinski definition) is 3. The zero-order chi connectivity index (χ0) is 24.8. The van der Waals surface area contributed by atoms with Crippen LogP contribution in [0.15, 0.2) is 78.9 Å². The van der Waals surface area contributed by atoms with Gasteiger partial charge in [-0.05, 0) is 67.3 Å². The van der Waals surface area contributed by atoms with Gasteiger partial charge < -0.3 is 15.5 Å². The third-order valence-electron chi connectivity index (χ3n) is 6.12. The minimum atomic E-state index is -0.876. The van der Waals surface area contributed by atoms with E-state index in [1.165, 1.54) is 42.5 Å². The Morgan fingerprint density at radius 2 is 1.46 bits per heavy atom. The van der Waals surface area contributed by atoms with Crippen molar-refractivity contribution in [3.8, 4) is 0 Å². The quantitative estimate of drug-likeness (QED) is 0.557. The maximum Gasteiger partial charge on any atom is 0.256 e. The van der Waals surface area contributed by atoms with Crippen LogP contribution in [0.4, 0.5) is 14.5 Å². The molecule has 35 heavy (non-hydrogen) atoms. The van der Waals surface area contributed by atoms with Crippen molar-refractivity contribution in [1.82, 2.24) is 10.2 Å². The summed E-state index contributed by atoms with van der Waals surface area (Å²) in [7, 11) is 0. The molecule has 0 bridgehead atoms. The molecular weight excluding hydrogens is 452 g/mol. The highest BCUT2D eigenvalue weighted by Gasteiger charge is 2.34. The van der Waals surface area contributed by atoms with E-state index in [1.807, 2.05) is 6.07 Å². The molecule has 1 atom stereocenters. The molecule has 3 amide bonds. The van der Waals surface area contributed by atoms with Gasteiger partial charge in [-0.15, -0.1) is 0 Å². The van der Waals surface area contributed by atoms with Crippen molar-refractivity contribution in [3.05, 3.63) is 102 Å². The van der Waals surface area contributed by atoms with Crippen LogP contribution in [-0.2, 0) is 4.79 Å². The maximum absolute atomic E-state index is 14.1. The number of anilines is 1. The molecule has 4 rings (SSSR count). The number of benzene rings is 3. The molecule has 0 aromatic heterocycles. The number of nitrogens with one attached hydrogen (secondary N) is 2. The maximum atomic E-state index is 14.1. The topological polar surface area (TPSA) is 78.5 Å². The number of carbonyl (C=O) groups excluding carboxylic acids is 3. The summed E-state index contributed by atoms with van der Waals surface area (Å²) in [5.41, 5.74) is 0.829. The van der Waals surface area contributed by atoms with E-state index in [4.69, 9.17) is 0 Å². The van der Waals surface area contributed by atoms with E-state index in [0.29, 0.717) is 31.6 Å².